The van der Waals surface area contributed by atoms with E-state index in [1.54, 1.807) is 16.4 Å². The number of nitrogens with one attached hydrogen (secondary N) is 1. The fourth-order valence-corrected chi connectivity index (χ4v) is 4.21. The van der Waals surface area contributed by atoms with Crippen molar-refractivity contribution in [1.29, 1.82) is 0 Å². The van der Waals surface area contributed by atoms with Crippen molar-refractivity contribution >= 4 is 40.1 Å². The van der Waals surface area contributed by atoms with E-state index in [1.165, 1.54) is 5.56 Å². The van der Waals surface area contributed by atoms with Gasteiger partial charge in [-0.2, -0.15) is 4.68 Å². The number of nitrogens with zero attached hydrogens (tertiary/aromatic N) is 4. The number of halogens is 2. The van der Waals surface area contributed by atoms with Crippen molar-refractivity contribution < 1.29 is 4.42 Å². The van der Waals surface area contributed by atoms with Crippen LogP contribution in [-0.2, 0) is 6.54 Å². The van der Waals surface area contributed by atoms with Crippen LogP contribution in [0.15, 0.2) is 74.7 Å². The Hall–Kier alpha value is -2.13. The third-order valence-electron chi connectivity index (χ3n) is 4.37. The zero-order valence-corrected chi connectivity index (χ0v) is 19.5. The van der Waals surface area contributed by atoms with Crippen molar-refractivity contribution in [2.45, 2.75) is 18.6 Å². The first-order valence-corrected chi connectivity index (χ1v) is 11.0. The van der Waals surface area contributed by atoms with E-state index in [0.717, 1.165) is 44.7 Å². The van der Waals surface area contributed by atoms with Gasteiger partial charge >= 0.3 is 0 Å². The van der Waals surface area contributed by atoms with E-state index in [2.05, 4.69) is 55.8 Å². The molecule has 0 fully saturated rings. The summed E-state index contributed by atoms with van der Waals surface area (Å²) in [5.41, 5.74) is 3.25. The van der Waals surface area contributed by atoms with Crippen LogP contribution < -0.4 is 5.32 Å². The molecule has 0 saturated heterocycles. The van der Waals surface area contributed by atoms with Gasteiger partial charge in [-0.15, -0.1) is 17.5 Å². The van der Waals surface area contributed by atoms with Gasteiger partial charge in [-0.3, -0.25) is 0 Å². The third-order valence-corrected chi connectivity index (χ3v) is 5.78. The quantitative estimate of drug-likeness (QED) is 0.258. The van der Waals surface area contributed by atoms with E-state index in [9.17, 15) is 0 Å². The second-order valence-corrected chi connectivity index (χ2v) is 8.44. The summed E-state index contributed by atoms with van der Waals surface area (Å²) >= 11 is 5.12. The second-order valence-electron chi connectivity index (χ2n) is 6.46. The van der Waals surface area contributed by atoms with E-state index in [1.807, 2.05) is 48.5 Å². The topological polar surface area (TPSA) is 68.8 Å². The van der Waals surface area contributed by atoms with Gasteiger partial charge in [-0.25, -0.2) is 0 Å². The van der Waals surface area contributed by atoms with Crippen LogP contribution in [0.3, 0.4) is 0 Å². The summed E-state index contributed by atoms with van der Waals surface area (Å²) in [5.74, 6) is 2.66. The smallest absolute Gasteiger partial charge is 0.214 e. The summed E-state index contributed by atoms with van der Waals surface area (Å²) < 4.78 is 8.82. The van der Waals surface area contributed by atoms with Crippen LogP contribution in [-0.4, -0.2) is 32.5 Å². The van der Waals surface area contributed by atoms with Gasteiger partial charge in [-0.1, -0.05) is 45.9 Å². The summed E-state index contributed by atoms with van der Waals surface area (Å²) in [6.07, 6.45) is 0. The molecule has 4 aromatic rings. The van der Waals surface area contributed by atoms with Crippen LogP contribution in [0.25, 0.3) is 17.0 Å². The molecule has 0 amide bonds. The number of hydrogen-bond acceptors (Lipinski definition) is 6. The first-order valence-electron chi connectivity index (χ1n) is 9.23. The highest BCUT2D eigenvalue weighted by Gasteiger charge is 2.09. The van der Waals surface area contributed by atoms with E-state index in [4.69, 9.17) is 4.42 Å². The molecule has 9 heteroatoms. The third kappa shape index (κ3) is 5.51. The zero-order chi connectivity index (χ0) is 20.1. The van der Waals surface area contributed by atoms with Crippen molar-refractivity contribution in [2.75, 3.05) is 12.3 Å². The largest absolute Gasteiger partial charge is 0.460 e. The van der Waals surface area contributed by atoms with Crippen molar-refractivity contribution in [2.24, 2.45) is 0 Å². The highest BCUT2D eigenvalue weighted by Crippen LogP contribution is 2.27. The molecular formula is C21H21BrClN5OS. The molecular weight excluding hydrogens is 486 g/mol. The molecule has 2 aromatic carbocycles. The Morgan fingerprint density at radius 3 is 2.73 bits per heavy atom. The van der Waals surface area contributed by atoms with Crippen LogP contribution in [0.2, 0.25) is 0 Å². The number of para-hydroxylation sites is 1. The lowest BCUT2D eigenvalue weighted by Crippen LogP contribution is -2.16. The van der Waals surface area contributed by atoms with Gasteiger partial charge in [0.15, 0.2) is 0 Å². The number of furan rings is 1. The molecule has 0 atom stereocenters. The Kier molecular flexibility index (Phi) is 8.09. The zero-order valence-electron chi connectivity index (χ0n) is 16.3. The van der Waals surface area contributed by atoms with Crippen molar-refractivity contribution in [3.8, 4) is 17.0 Å². The van der Waals surface area contributed by atoms with E-state index in [0.29, 0.717) is 6.54 Å². The average Bonchev–Trinajstić information content (AvgIpc) is 3.38. The normalized spacial score (nSPS) is 10.7. The van der Waals surface area contributed by atoms with Crippen LogP contribution >= 0.6 is 40.1 Å². The highest BCUT2D eigenvalue weighted by molar-refractivity contribution is 9.10. The number of thioether (sulfide) groups is 1. The Morgan fingerprint density at radius 1 is 1.10 bits per heavy atom. The summed E-state index contributed by atoms with van der Waals surface area (Å²) in [7, 11) is 0. The molecule has 30 heavy (non-hydrogen) atoms. The minimum Gasteiger partial charge on any atom is -0.460 e. The van der Waals surface area contributed by atoms with Crippen LogP contribution in [0.4, 0.5) is 0 Å². The lowest BCUT2D eigenvalue weighted by atomic mass is 10.1. The summed E-state index contributed by atoms with van der Waals surface area (Å²) in [6, 6.07) is 20.1. The highest BCUT2D eigenvalue weighted by atomic mass is 79.9. The molecule has 156 valence electrons. The maximum Gasteiger partial charge on any atom is 0.214 e. The van der Waals surface area contributed by atoms with Gasteiger partial charge in [0, 0.05) is 22.3 Å². The number of aryl methyl sites for hydroxylation is 1. The molecule has 0 aliphatic rings. The standard InChI is InChI=1S/C21H20BrN5OS.ClH/c1-15-13-16(22)7-9-19(15)20-10-8-18(28-20)14-23-11-12-29-21-24-25-26-27(21)17-5-3-2-4-6-17;/h2-10,13,23H,11-12,14H2,1H3;1H. The van der Waals surface area contributed by atoms with Crippen LogP contribution in [0.5, 0.6) is 0 Å². The first-order chi connectivity index (χ1) is 14.2. The Bertz CT molecular complexity index is 1090. The Morgan fingerprint density at radius 2 is 1.93 bits per heavy atom. The molecule has 0 bridgehead atoms. The fraction of sp³-hybridized carbons (Fsp3) is 0.190. The van der Waals surface area contributed by atoms with E-state index in [-0.39, 0.29) is 12.4 Å². The van der Waals surface area contributed by atoms with Crippen molar-refractivity contribution in [1.82, 2.24) is 25.5 Å². The maximum atomic E-state index is 6.00. The summed E-state index contributed by atoms with van der Waals surface area (Å²) in [4.78, 5) is 0. The predicted molar refractivity (Wildman–Crippen MR) is 125 cm³/mol. The first kappa shape index (κ1) is 22.6. The second kappa shape index (κ2) is 10.8. The number of rotatable bonds is 8. The van der Waals surface area contributed by atoms with Crippen LogP contribution in [0, 0.1) is 6.92 Å². The van der Waals surface area contributed by atoms with Gasteiger partial charge < -0.3 is 9.73 Å². The molecule has 0 spiro atoms. The minimum atomic E-state index is 0. The molecule has 0 radical (unpaired) electrons. The van der Waals surface area contributed by atoms with E-state index < -0.39 is 0 Å². The number of aromatic nitrogens is 4. The monoisotopic (exact) mass is 505 g/mol. The molecule has 0 unspecified atom stereocenters. The molecule has 4 rings (SSSR count). The fourth-order valence-electron chi connectivity index (χ4n) is 2.95. The lowest BCUT2D eigenvalue weighted by molar-refractivity contribution is 0.499. The van der Waals surface area contributed by atoms with E-state index >= 15 is 0 Å². The lowest BCUT2D eigenvalue weighted by Gasteiger charge is -2.05. The van der Waals surface area contributed by atoms with Gasteiger partial charge in [0.25, 0.3) is 0 Å². The Balaban J connectivity index is 0.00000256. The maximum absolute atomic E-state index is 6.00. The van der Waals surface area contributed by atoms with Crippen molar-refractivity contribution in [3.05, 3.63) is 76.5 Å². The summed E-state index contributed by atoms with van der Waals surface area (Å²) in [6.45, 7) is 3.58. The molecule has 6 nitrogen and oxygen atoms in total. The molecule has 2 heterocycles. The number of benzene rings is 2. The predicted octanol–water partition coefficient (Wildman–Crippen LogP) is 5.30. The molecule has 0 saturated carbocycles. The van der Waals surface area contributed by atoms with Crippen LogP contribution in [0.1, 0.15) is 11.3 Å². The molecule has 0 aliphatic carbocycles. The summed E-state index contributed by atoms with van der Waals surface area (Å²) in [5, 5.41) is 16.2. The molecule has 0 aliphatic heterocycles. The SMILES string of the molecule is Cc1cc(Br)ccc1-c1ccc(CNCCSc2nnnn2-c2ccccc2)o1.Cl. The van der Waals surface area contributed by atoms with Gasteiger partial charge in [-0.05, 0) is 65.4 Å². The number of hydrogen-bond donors (Lipinski definition) is 1. The van der Waals surface area contributed by atoms with Crippen molar-refractivity contribution in [3.63, 3.8) is 0 Å². The minimum absolute atomic E-state index is 0. The van der Waals surface area contributed by atoms with Gasteiger partial charge in [0.2, 0.25) is 5.16 Å². The molecule has 1 N–H and O–H groups in total. The van der Waals surface area contributed by atoms with Gasteiger partial charge in [0.05, 0.1) is 12.2 Å². The Labute approximate surface area is 194 Å². The number of tetrazole rings is 1. The van der Waals surface area contributed by atoms with Gasteiger partial charge in [0.1, 0.15) is 11.5 Å². The average molecular weight is 507 g/mol. The molecule has 2 aromatic heterocycles.